The molecule has 5 nitrogen and oxygen atoms in total. The zero-order valence-corrected chi connectivity index (χ0v) is 15.4. The number of hydrogen-bond donors (Lipinski definition) is 2. The van der Waals surface area contributed by atoms with Gasteiger partial charge in [0.2, 0.25) is 0 Å². The lowest BCUT2D eigenvalue weighted by molar-refractivity contribution is -0.137. The highest BCUT2D eigenvalue weighted by atomic mass is 19.4. The number of nitrogens with one attached hydrogen (secondary N) is 1. The van der Waals surface area contributed by atoms with Gasteiger partial charge in [-0.3, -0.25) is 4.99 Å². The van der Waals surface area contributed by atoms with Gasteiger partial charge in [0, 0.05) is 13.1 Å². The molecule has 0 radical (unpaired) electrons. The standard InChI is InChI=1S/C19H26F3N3O2/c1-2-23-17(24-13-18(26)7-4-8-18)25-9-10-27-16(12-25)14-5-3-6-15(11-14)19(20,21)22/h3,5-6,11,16,26H,2,4,7-10,12-13H2,1H3,(H,23,24). The number of guanidine groups is 1. The number of aliphatic imine (C=N–C) groups is 1. The van der Waals surface area contributed by atoms with Crippen LogP contribution in [0.2, 0.25) is 0 Å². The van der Waals surface area contributed by atoms with E-state index < -0.39 is 23.4 Å². The highest BCUT2D eigenvalue weighted by Crippen LogP contribution is 2.33. The van der Waals surface area contributed by atoms with Crippen molar-refractivity contribution < 1.29 is 23.0 Å². The molecular formula is C19H26F3N3O2. The maximum absolute atomic E-state index is 13.0. The predicted molar refractivity (Wildman–Crippen MR) is 96.5 cm³/mol. The van der Waals surface area contributed by atoms with E-state index in [1.165, 1.54) is 6.07 Å². The average Bonchev–Trinajstić information content (AvgIpc) is 2.63. The summed E-state index contributed by atoms with van der Waals surface area (Å²) in [6.45, 7) is 4.36. The normalized spacial score (nSPS) is 23.1. The molecule has 8 heteroatoms. The van der Waals surface area contributed by atoms with Gasteiger partial charge in [-0.2, -0.15) is 13.2 Å². The van der Waals surface area contributed by atoms with Crippen LogP contribution in [0.3, 0.4) is 0 Å². The van der Waals surface area contributed by atoms with Crippen molar-refractivity contribution in [1.29, 1.82) is 0 Å². The molecule has 1 aliphatic carbocycles. The second-order valence-electron chi connectivity index (χ2n) is 7.18. The average molecular weight is 385 g/mol. The molecule has 27 heavy (non-hydrogen) atoms. The molecule has 0 aromatic heterocycles. The Morgan fingerprint density at radius 2 is 2.19 bits per heavy atom. The Bertz CT molecular complexity index is 674. The summed E-state index contributed by atoms with van der Waals surface area (Å²) in [7, 11) is 0. The number of ether oxygens (including phenoxy) is 1. The van der Waals surface area contributed by atoms with Gasteiger partial charge in [-0.1, -0.05) is 12.1 Å². The van der Waals surface area contributed by atoms with Crippen LogP contribution in [-0.4, -0.2) is 54.4 Å². The molecule has 150 valence electrons. The van der Waals surface area contributed by atoms with E-state index in [1.54, 1.807) is 6.07 Å². The lowest BCUT2D eigenvalue weighted by Crippen LogP contribution is -2.49. The summed E-state index contributed by atoms with van der Waals surface area (Å²) in [5.74, 6) is 0.665. The van der Waals surface area contributed by atoms with E-state index in [9.17, 15) is 18.3 Å². The van der Waals surface area contributed by atoms with Gasteiger partial charge in [0.1, 0.15) is 6.10 Å². The molecule has 1 unspecified atom stereocenters. The molecule has 0 bridgehead atoms. The number of nitrogens with zero attached hydrogens (tertiary/aromatic N) is 2. The van der Waals surface area contributed by atoms with E-state index in [0.29, 0.717) is 44.3 Å². The smallest absolute Gasteiger partial charge is 0.388 e. The number of alkyl halides is 3. The van der Waals surface area contributed by atoms with E-state index in [0.717, 1.165) is 31.4 Å². The first-order chi connectivity index (χ1) is 12.8. The van der Waals surface area contributed by atoms with E-state index in [4.69, 9.17) is 4.74 Å². The Labute approximate surface area is 157 Å². The van der Waals surface area contributed by atoms with Crippen molar-refractivity contribution in [3.05, 3.63) is 35.4 Å². The monoisotopic (exact) mass is 385 g/mol. The van der Waals surface area contributed by atoms with Crippen molar-refractivity contribution in [3.63, 3.8) is 0 Å². The number of rotatable bonds is 4. The largest absolute Gasteiger partial charge is 0.416 e. The third kappa shape index (κ3) is 4.93. The number of aliphatic hydroxyl groups is 1. The van der Waals surface area contributed by atoms with Gasteiger partial charge < -0.3 is 20.1 Å². The maximum Gasteiger partial charge on any atom is 0.416 e. The molecule has 1 aromatic carbocycles. The molecule has 0 amide bonds. The molecule has 2 aliphatic rings. The van der Waals surface area contributed by atoms with Gasteiger partial charge in [-0.25, -0.2) is 0 Å². The van der Waals surface area contributed by atoms with Crippen LogP contribution in [0.5, 0.6) is 0 Å². The van der Waals surface area contributed by atoms with Gasteiger partial charge in [0.05, 0.1) is 30.9 Å². The number of halogens is 3. The first kappa shape index (κ1) is 19.9. The summed E-state index contributed by atoms with van der Waals surface area (Å²) in [6.07, 6.45) is -2.31. The summed E-state index contributed by atoms with van der Waals surface area (Å²) in [6, 6.07) is 5.28. The topological polar surface area (TPSA) is 57.1 Å². The Hall–Kier alpha value is -1.80. The fourth-order valence-corrected chi connectivity index (χ4v) is 3.35. The second-order valence-corrected chi connectivity index (χ2v) is 7.18. The molecule has 2 fully saturated rings. The Morgan fingerprint density at radius 1 is 1.41 bits per heavy atom. The molecule has 1 saturated carbocycles. The van der Waals surface area contributed by atoms with Crippen molar-refractivity contribution in [1.82, 2.24) is 10.2 Å². The third-order valence-electron chi connectivity index (χ3n) is 5.09. The van der Waals surface area contributed by atoms with Crippen molar-refractivity contribution in [2.24, 2.45) is 4.99 Å². The van der Waals surface area contributed by atoms with Crippen LogP contribution in [0.15, 0.2) is 29.3 Å². The number of benzene rings is 1. The second kappa shape index (κ2) is 8.06. The molecule has 2 N–H and O–H groups in total. The lowest BCUT2D eigenvalue weighted by atomic mass is 9.80. The van der Waals surface area contributed by atoms with Crippen LogP contribution in [-0.2, 0) is 10.9 Å². The van der Waals surface area contributed by atoms with E-state index in [1.807, 2.05) is 11.8 Å². The van der Waals surface area contributed by atoms with Gasteiger partial charge in [-0.15, -0.1) is 0 Å². The van der Waals surface area contributed by atoms with Crippen molar-refractivity contribution in [3.8, 4) is 0 Å². The summed E-state index contributed by atoms with van der Waals surface area (Å²) in [5.41, 5.74) is -0.885. The molecular weight excluding hydrogens is 359 g/mol. The van der Waals surface area contributed by atoms with Crippen molar-refractivity contribution in [2.45, 2.75) is 44.1 Å². The first-order valence-corrected chi connectivity index (χ1v) is 9.35. The fraction of sp³-hybridized carbons (Fsp3) is 0.632. The Balaban J connectivity index is 1.73. The fourth-order valence-electron chi connectivity index (χ4n) is 3.35. The summed E-state index contributed by atoms with van der Waals surface area (Å²) in [5, 5.41) is 13.5. The lowest BCUT2D eigenvalue weighted by Gasteiger charge is -2.38. The van der Waals surface area contributed by atoms with E-state index in [2.05, 4.69) is 10.3 Å². The highest BCUT2D eigenvalue weighted by molar-refractivity contribution is 5.80. The van der Waals surface area contributed by atoms with Crippen LogP contribution in [0.25, 0.3) is 0 Å². The zero-order valence-electron chi connectivity index (χ0n) is 15.4. The molecule has 1 aromatic rings. The Kier molecular flexibility index (Phi) is 5.95. The summed E-state index contributed by atoms with van der Waals surface area (Å²) < 4.78 is 44.7. The molecule has 1 heterocycles. The minimum Gasteiger partial charge on any atom is -0.388 e. The van der Waals surface area contributed by atoms with E-state index >= 15 is 0 Å². The first-order valence-electron chi connectivity index (χ1n) is 9.35. The molecule has 3 rings (SSSR count). The summed E-state index contributed by atoms with van der Waals surface area (Å²) in [4.78, 5) is 6.55. The molecule has 1 saturated heterocycles. The van der Waals surface area contributed by atoms with Crippen LogP contribution in [0.1, 0.15) is 43.4 Å². The molecule has 1 atom stereocenters. The van der Waals surface area contributed by atoms with Crippen LogP contribution >= 0.6 is 0 Å². The SMILES string of the molecule is CCNC(=NCC1(O)CCC1)N1CCOC(c2cccc(C(F)(F)F)c2)C1. The van der Waals surface area contributed by atoms with Crippen LogP contribution in [0.4, 0.5) is 13.2 Å². The quantitative estimate of drug-likeness (QED) is 0.618. The maximum atomic E-state index is 13.0. The van der Waals surface area contributed by atoms with Crippen LogP contribution in [0, 0.1) is 0 Å². The van der Waals surface area contributed by atoms with Crippen LogP contribution < -0.4 is 5.32 Å². The Morgan fingerprint density at radius 3 is 2.81 bits per heavy atom. The van der Waals surface area contributed by atoms with Gasteiger partial charge in [0.25, 0.3) is 0 Å². The van der Waals surface area contributed by atoms with Gasteiger partial charge in [-0.05, 0) is 43.9 Å². The zero-order chi connectivity index (χ0) is 19.5. The molecule has 0 spiro atoms. The van der Waals surface area contributed by atoms with Crippen molar-refractivity contribution >= 4 is 5.96 Å². The predicted octanol–water partition coefficient (Wildman–Crippen LogP) is 2.96. The number of hydrogen-bond acceptors (Lipinski definition) is 3. The van der Waals surface area contributed by atoms with Gasteiger partial charge >= 0.3 is 6.18 Å². The number of morpholine rings is 1. The minimum atomic E-state index is -4.38. The van der Waals surface area contributed by atoms with E-state index in [-0.39, 0.29) is 0 Å². The highest BCUT2D eigenvalue weighted by Gasteiger charge is 2.35. The summed E-state index contributed by atoms with van der Waals surface area (Å²) >= 11 is 0. The van der Waals surface area contributed by atoms with Crippen molar-refractivity contribution in [2.75, 3.05) is 32.8 Å². The molecule has 1 aliphatic heterocycles. The minimum absolute atomic E-state index is 0.334. The van der Waals surface area contributed by atoms with Gasteiger partial charge in [0.15, 0.2) is 5.96 Å². The third-order valence-corrected chi connectivity index (χ3v) is 5.09.